The summed E-state index contributed by atoms with van der Waals surface area (Å²) < 4.78 is 0. The fourth-order valence-corrected chi connectivity index (χ4v) is 7.26. The van der Waals surface area contributed by atoms with E-state index in [4.69, 9.17) is 15.0 Å². The lowest BCUT2D eigenvalue weighted by Gasteiger charge is -2.22. The Morgan fingerprint density at radius 2 is 1.02 bits per heavy atom. The molecule has 1 aliphatic carbocycles. The van der Waals surface area contributed by atoms with E-state index in [-0.39, 0.29) is 5.41 Å². The zero-order chi connectivity index (χ0) is 31.5. The molecule has 0 radical (unpaired) electrons. The van der Waals surface area contributed by atoms with Gasteiger partial charge in [0.25, 0.3) is 0 Å². The molecule has 9 rings (SSSR count). The lowest BCUT2D eigenvalue weighted by atomic mass is 9.81. The normalized spacial score (nSPS) is 13.1. The van der Waals surface area contributed by atoms with Crippen LogP contribution in [0.5, 0.6) is 0 Å². The van der Waals surface area contributed by atoms with Gasteiger partial charge in [-0.3, -0.25) is 0 Å². The predicted molar refractivity (Wildman–Crippen MR) is 194 cm³/mol. The van der Waals surface area contributed by atoms with Crippen LogP contribution in [0.3, 0.4) is 0 Å². The van der Waals surface area contributed by atoms with Crippen LogP contribution in [0.1, 0.15) is 25.0 Å². The van der Waals surface area contributed by atoms with Gasteiger partial charge < -0.3 is 0 Å². The van der Waals surface area contributed by atoms with E-state index in [1.807, 2.05) is 36.4 Å². The van der Waals surface area contributed by atoms with E-state index >= 15 is 0 Å². The summed E-state index contributed by atoms with van der Waals surface area (Å²) >= 11 is 0. The average molecular weight is 602 g/mol. The van der Waals surface area contributed by atoms with Crippen molar-refractivity contribution in [1.29, 1.82) is 0 Å². The number of benzene rings is 6. The van der Waals surface area contributed by atoms with Gasteiger partial charge in [-0.05, 0) is 58.0 Å². The predicted octanol–water partition coefficient (Wildman–Crippen LogP) is 11.2. The highest BCUT2D eigenvalue weighted by Gasteiger charge is 2.35. The second-order valence-electron chi connectivity index (χ2n) is 12.9. The third-order valence-electron chi connectivity index (χ3n) is 9.66. The molecular weight excluding hydrogens is 571 g/mol. The van der Waals surface area contributed by atoms with Gasteiger partial charge in [0, 0.05) is 38.4 Å². The van der Waals surface area contributed by atoms with E-state index in [9.17, 15) is 0 Å². The molecule has 222 valence electrons. The van der Waals surface area contributed by atoms with Crippen LogP contribution in [0.2, 0.25) is 0 Å². The van der Waals surface area contributed by atoms with Gasteiger partial charge in [0.15, 0.2) is 5.82 Å². The summed E-state index contributed by atoms with van der Waals surface area (Å²) in [6.07, 6.45) is 0. The summed E-state index contributed by atoms with van der Waals surface area (Å²) in [7, 11) is 0. The minimum absolute atomic E-state index is 0.107. The summed E-state index contributed by atoms with van der Waals surface area (Å²) in [6.45, 7) is 4.67. The zero-order valence-corrected chi connectivity index (χ0v) is 26.3. The van der Waals surface area contributed by atoms with Crippen molar-refractivity contribution in [2.24, 2.45) is 0 Å². The molecule has 3 heteroatoms. The van der Waals surface area contributed by atoms with Crippen LogP contribution in [-0.2, 0) is 5.41 Å². The molecule has 47 heavy (non-hydrogen) atoms. The highest BCUT2D eigenvalue weighted by molar-refractivity contribution is 6.13. The molecule has 0 unspecified atom stereocenters. The van der Waals surface area contributed by atoms with Gasteiger partial charge in [-0.25, -0.2) is 15.0 Å². The Kier molecular flexibility index (Phi) is 6.16. The summed E-state index contributed by atoms with van der Waals surface area (Å²) in [5.74, 6) is 0.689. The Bertz CT molecular complexity index is 2420. The van der Waals surface area contributed by atoms with Gasteiger partial charge in [-0.15, -0.1) is 0 Å². The van der Waals surface area contributed by atoms with Crippen molar-refractivity contribution in [3.63, 3.8) is 0 Å². The largest absolute Gasteiger partial charge is 0.247 e. The smallest absolute Gasteiger partial charge is 0.160 e. The number of hydrogen-bond acceptors (Lipinski definition) is 3. The van der Waals surface area contributed by atoms with Crippen molar-refractivity contribution < 1.29 is 0 Å². The first kappa shape index (κ1) is 27.4. The van der Waals surface area contributed by atoms with E-state index in [1.165, 1.54) is 33.0 Å². The highest BCUT2D eigenvalue weighted by Crippen LogP contribution is 2.51. The first-order valence-corrected chi connectivity index (χ1v) is 16.1. The van der Waals surface area contributed by atoms with Gasteiger partial charge in [0.1, 0.15) is 0 Å². The van der Waals surface area contributed by atoms with Gasteiger partial charge in [0.2, 0.25) is 0 Å². The number of pyridine rings is 1. The first-order chi connectivity index (χ1) is 23.0. The molecule has 6 aromatic carbocycles. The van der Waals surface area contributed by atoms with Crippen LogP contribution >= 0.6 is 0 Å². The van der Waals surface area contributed by atoms with E-state index in [2.05, 4.69) is 129 Å². The molecule has 0 saturated carbocycles. The van der Waals surface area contributed by atoms with Crippen molar-refractivity contribution in [2.75, 3.05) is 0 Å². The molecule has 8 aromatic rings. The molecule has 0 spiro atoms. The molecule has 2 heterocycles. The van der Waals surface area contributed by atoms with Gasteiger partial charge >= 0.3 is 0 Å². The van der Waals surface area contributed by atoms with Crippen LogP contribution in [0.4, 0.5) is 0 Å². The molecule has 0 atom stereocenters. The van der Waals surface area contributed by atoms with Gasteiger partial charge in [0.05, 0.1) is 22.6 Å². The SMILES string of the molecule is CC1(C)c2ccccc2-c2cc3c(cc21)c(-c1cccc(-c2nc(-c4ccccc4)cc(-c4ccccc4)n2)c1)nc1ccccc13. The van der Waals surface area contributed by atoms with Crippen molar-refractivity contribution in [3.05, 3.63) is 163 Å². The van der Waals surface area contributed by atoms with Crippen LogP contribution in [-0.4, -0.2) is 15.0 Å². The quantitative estimate of drug-likeness (QED) is 0.188. The Balaban J connectivity index is 1.26. The van der Waals surface area contributed by atoms with Crippen molar-refractivity contribution in [3.8, 4) is 56.3 Å². The number of para-hydroxylation sites is 1. The third-order valence-corrected chi connectivity index (χ3v) is 9.66. The van der Waals surface area contributed by atoms with Crippen molar-refractivity contribution in [2.45, 2.75) is 19.3 Å². The summed E-state index contributed by atoms with van der Waals surface area (Å²) in [6, 6.07) is 53.4. The topological polar surface area (TPSA) is 38.7 Å². The maximum atomic E-state index is 5.32. The summed E-state index contributed by atoms with van der Waals surface area (Å²) in [5, 5.41) is 3.54. The number of aromatic nitrogens is 3. The van der Waals surface area contributed by atoms with Crippen molar-refractivity contribution >= 4 is 21.7 Å². The lowest BCUT2D eigenvalue weighted by molar-refractivity contribution is 0.661. The van der Waals surface area contributed by atoms with Crippen LogP contribution in [0.25, 0.3) is 78.0 Å². The number of nitrogens with zero attached hydrogens (tertiary/aromatic N) is 3. The van der Waals surface area contributed by atoms with Crippen LogP contribution < -0.4 is 0 Å². The van der Waals surface area contributed by atoms with Crippen LogP contribution in [0, 0.1) is 0 Å². The molecular formula is C44H31N3. The minimum atomic E-state index is -0.107. The molecule has 1 aliphatic rings. The van der Waals surface area contributed by atoms with Gasteiger partial charge in [-0.1, -0.05) is 135 Å². The molecule has 0 fully saturated rings. The molecule has 0 N–H and O–H groups in total. The maximum Gasteiger partial charge on any atom is 0.160 e. The molecule has 3 nitrogen and oxygen atoms in total. The molecule has 0 saturated heterocycles. The third kappa shape index (κ3) is 4.46. The minimum Gasteiger partial charge on any atom is -0.247 e. The second kappa shape index (κ2) is 10.6. The second-order valence-corrected chi connectivity index (χ2v) is 12.9. The molecule has 2 aromatic heterocycles. The van der Waals surface area contributed by atoms with E-state index in [0.29, 0.717) is 5.82 Å². The van der Waals surface area contributed by atoms with E-state index in [0.717, 1.165) is 50.2 Å². The average Bonchev–Trinajstić information content (AvgIpc) is 3.36. The van der Waals surface area contributed by atoms with Crippen molar-refractivity contribution in [1.82, 2.24) is 15.0 Å². The summed E-state index contributed by atoms with van der Waals surface area (Å²) in [5.41, 5.74) is 13.1. The monoisotopic (exact) mass is 601 g/mol. The fraction of sp³-hybridized carbons (Fsp3) is 0.0682. The van der Waals surface area contributed by atoms with E-state index < -0.39 is 0 Å². The Morgan fingerprint density at radius 1 is 0.404 bits per heavy atom. The maximum absolute atomic E-state index is 5.32. The molecule has 0 aliphatic heterocycles. The number of rotatable bonds is 4. The zero-order valence-electron chi connectivity index (χ0n) is 26.3. The fourth-order valence-electron chi connectivity index (χ4n) is 7.26. The standard InChI is InChI=1S/C44H31N3/c1-44(2)37-22-11-9-20-32(37)35-25-34-33-21-10-12-23-39(33)45-42(36(34)26-38(35)44)30-18-13-19-31(24-30)43-46-40(28-14-5-3-6-15-28)27-41(47-43)29-16-7-4-8-17-29/h3-27H,1-2H3. The first-order valence-electron chi connectivity index (χ1n) is 16.1. The summed E-state index contributed by atoms with van der Waals surface area (Å²) in [4.78, 5) is 15.5. The van der Waals surface area contributed by atoms with E-state index in [1.54, 1.807) is 0 Å². The van der Waals surface area contributed by atoms with Crippen LogP contribution in [0.15, 0.2) is 152 Å². The number of fused-ring (bicyclic) bond motifs is 6. The molecule has 0 amide bonds. The molecule has 0 bridgehead atoms. The Hall–Kier alpha value is -5.93. The lowest BCUT2D eigenvalue weighted by Crippen LogP contribution is -2.14. The Morgan fingerprint density at radius 3 is 1.77 bits per heavy atom. The van der Waals surface area contributed by atoms with Gasteiger partial charge in [-0.2, -0.15) is 0 Å². The highest BCUT2D eigenvalue weighted by atomic mass is 14.9. The number of hydrogen-bond donors (Lipinski definition) is 0. The Labute approximate surface area is 274 Å².